The predicted molar refractivity (Wildman–Crippen MR) is 106 cm³/mol. The Balaban J connectivity index is 2.16. The van der Waals surface area contributed by atoms with E-state index in [-0.39, 0.29) is 0 Å². The van der Waals surface area contributed by atoms with Crippen LogP contribution in [0.1, 0.15) is 51.2 Å². The van der Waals surface area contributed by atoms with Gasteiger partial charge in [0.25, 0.3) is 0 Å². The molecule has 1 rings (SSSR count). The number of aryl methyl sites for hydroxylation is 2. The minimum atomic E-state index is 0.594. The van der Waals surface area contributed by atoms with Gasteiger partial charge in [0.05, 0.1) is 5.01 Å². The summed E-state index contributed by atoms with van der Waals surface area (Å²) >= 11 is 1.75. The molecule has 1 aromatic rings. The van der Waals surface area contributed by atoms with Gasteiger partial charge in [-0.2, -0.15) is 0 Å². The molecule has 0 aliphatic carbocycles. The molecule has 138 valence electrons. The van der Waals surface area contributed by atoms with Crippen LogP contribution in [0.25, 0.3) is 0 Å². The van der Waals surface area contributed by atoms with Crippen LogP contribution in [-0.2, 0) is 6.42 Å². The lowest BCUT2D eigenvalue weighted by molar-refractivity contribution is 0.173. The minimum absolute atomic E-state index is 0.594. The van der Waals surface area contributed by atoms with Gasteiger partial charge >= 0.3 is 0 Å². The van der Waals surface area contributed by atoms with Gasteiger partial charge in [-0.1, -0.05) is 0 Å². The smallest absolute Gasteiger partial charge is 0.190 e. The van der Waals surface area contributed by atoms with E-state index < -0.39 is 0 Å². The van der Waals surface area contributed by atoms with Crippen molar-refractivity contribution in [3.8, 4) is 0 Å². The van der Waals surface area contributed by atoms with E-state index >= 15 is 0 Å². The van der Waals surface area contributed by atoms with Crippen LogP contribution in [0.2, 0.25) is 0 Å². The van der Waals surface area contributed by atoms with E-state index in [0.717, 1.165) is 50.6 Å². The normalized spacial score (nSPS) is 12.5. The van der Waals surface area contributed by atoms with Crippen LogP contribution >= 0.6 is 11.3 Å². The Morgan fingerprint density at radius 2 is 1.79 bits per heavy atom. The maximum atomic E-state index is 4.49. The fourth-order valence-corrected chi connectivity index (χ4v) is 3.58. The molecule has 6 heteroatoms. The van der Waals surface area contributed by atoms with E-state index in [1.807, 2.05) is 14.0 Å². The first-order chi connectivity index (χ1) is 11.4. The van der Waals surface area contributed by atoms with Crippen molar-refractivity contribution < 1.29 is 0 Å². The topological polar surface area (TPSA) is 52.6 Å². The summed E-state index contributed by atoms with van der Waals surface area (Å²) < 4.78 is 0. The van der Waals surface area contributed by atoms with Crippen LogP contribution in [0, 0.1) is 6.92 Å². The van der Waals surface area contributed by atoms with Crippen molar-refractivity contribution in [2.75, 3.05) is 26.7 Å². The van der Waals surface area contributed by atoms with Gasteiger partial charge in [-0.05, 0) is 47.5 Å². The molecular formula is C18H35N5S. The number of aliphatic imine (C=N–C) groups is 1. The average Bonchev–Trinajstić information content (AvgIpc) is 2.93. The van der Waals surface area contributed by atoms with Gasteiger partial charge in [0.2, 0.25) is 0 Å². The van der Waals surface area contributed by atoms with E-state index in [4.69, 9.17) is 0 Å². The number of guanidine groups is 1. The summed E-state index contributed by atoms with van der Waals surface area (Å²) in [4.78, 5) is 11.3. The molecule has 0 bridgehead atoms. The van der Waals surface area contributed by atoms with Crippen LogP contribution in [-0.4, -0.2) is 54.6 Å². The monoisotopic (exact) mass is 353 g/mol. The van der Waals surface area contributed by atoms with Gasteiger partial charge in [0.1, 0.15) is 0 Å². The third kappa shape index (κ3) is 8.11. The van der Waals surface area contributed by atoms with Gasteiger partial charge in [0, 0.05) is 56.3 Å². The summed E-state index contributed by atoms with van der Waals surface area (Å²) in [5, 5.41) is 10.1. The SMILES string of the molecule is CN=C(NCCCc1nc(C)cs1)NCCCN(C(C)C)C(C)C. The average molecular weight is 354 g/mol. The zero-order valence-electron chi connectivity index (χ0n) is 16.2. The summed E-state index contributed by atoms with van der Waals surface area (Å²) in [6.45, 7) is 14.1. The molecule has 1 heterocycles. The molecule has 0 unspecified atom stereocenters. The van der Waals surface area contributed by atoms with Crippen LogP contribution in [0.15, 0.2) is 10.4 Å². The van der Waals surface area contributed by atoms with Crippen molar-refractivity contribution in [1.29, 1.82) is 0 Å². The molecule has 0 aliphatic heterocycles. The Hall–Kier alpha value is -1.14. The first kappa shape index (κ1) is 20.9. The predicted octanol–water partition coefficient (Wildman–Crippen LogP) is 3.06. The highest BCUT2D eigenvalue weighted by Gasteiger charge is 2.12. The lowest BCUT2D eigenvalue weighted by Crippen LogP contribution is -2.41. The van der Waals surface area contributed by atoms with E-state index in [0.29, 0.717) is 12.1 Å². The molecular weight excluding hydrogens is 318 g/mol. The zero-order chi connectivity index (χ0) is 17.9. The number of nitrogens with one attached hydrogen (secondary N) is 2. The Kier molecular flexibility index (Phi) is 9.95. The third-order valence-corrected chi connectivity index (χ3v) is 4.99. The first-order valence-corrected chi connectivity index (χ1v) is 9.93. The zero-order valence-corrected chi connectivity index (χ0v) is 17.0. The van der Waals surface area contributed by atoms with Crippen LogP contribution < -0.4 is 10.6 Å². The standard InChI is InChI=1S/C18H35N5S/c1-14(2)23(15(3)4)12-8-11-21-18(19-6)20-10-7-9-17-22-16(5)13-24-17/h13-15H,7-12H2,1-6H3,(H2,19,20,21). The van der Waals surface area contributed by atoms with Crippen molar-refractivity contribution in [3.05, 3.63) is 16.1 Å². The lowest BCUT2D eigenvalue weighted by atomic mass is 10.2. The Bertz CT molecular complexity index is 474. The van der Waals surface area contributed by atoms with Gasteiger partial charge in [0.15, 0.2) is 5.96 Å². The van der Waals surface area contributed by atoms with Gasteiger partial charge in [-0.25, -0.2) is 4.98 Å². The second kappa shape index (κ2) is 11.4. The second-order valence-electron chi connectivity index (χ2n) is 6.69. The highest BCUT2D eigenvalue weighted by molar-refractivity contribution is 7.09. The van der Waals surface area contributed by atoms with E-state index in [1.165, 1.54) is 5.01 Å². The number of rotatable bonds is 10. The molecule has 0 aliphatic rings. The summed E-state index contributed by atoms with van der Waals surface area (Å²) in [5.41, 5.74) is 1.12. The minimum Gasteiger partial charge on any atom is -0.356 e. The van der Waals surface area contributed by atoms with E-state index in [2.05, 4.69) is 58.6 Å². The number of hydrogen-bond acceptors (Lipinski definition) is 4. The maximum absolute atomic E-state index is 4.49. The lowest BCUT2D eigenvalue weighted by Gasteiger charge is -2.30. The highest BCUT2D eigenvalue weighted by atomic mass is 32.1. The van der Waals surface area contributed by atoms with Crippen molar-refractivity contribution in [2.45, 2.75) is 66.0 Å². The first-order valence-electron chi connectivity index (χ1n) is 9.05. The molecule has 0 spiro atoms. The number of nitrogens with zero attached hydrogens (tertiary/aromatic N) is 3. The molecule has 0 amide bonds. The van der Waals surface area contributed by atoms with Crippen LogP contribution in [0.3, 0.4) is 0 Å². The van der Waals surface area contributed by atoms with Gasteiger partial charge in [-0.3, -0.25) is 9.89 Å². The van der Waals surface area contributed by atoms with Crippen molar-refractivity contribution in [1.82, 2.24) is 20.5 Å². The number of aromatic nitrogens is 1. The summed E-state index contributed by atoms with van der Waals surface area (Å²) in [6.07, 6.45) is 3.22. The van der Waals surface area contributed by atoms with Gasteiger partial charge in [-0.15, -0.1) is 11.3 Å². The Labute approximate surface area is 152 Å². The van der Waals surface area contributed by atoms with Gasteiger partial charge < -0.3 is 10.6 Å². The molecule has 24 heavy (non-hydrogen) atoms. The number of thiazole rings is 1. The largest absolute Gasteiger partial charge is 0.356 e. The molecule has 0 atom stereocenters. The molecule has 0 aromatic carbocycles. The van der Waals surface area contributed by atoms with Crippen molar-refractivity contribution >= 4 is 17.3 Å². The molecule has 5 nitrogen and oxygen atoms in total. The van der Waals surface area contributed by atoms with Crippen LogP contribution in [0.5, 0.6) is 0 Å². The van der Waals surface area contributed by atoms with E-state index in [1.54, 1.807) is 11.3 Å². The molecule has 1 aromatic heterocycles. The third-order valence-electron chi connectivity index (χ3n) is 3.96. The summed E-state index contributed by atoms with van der Waals surface area (Å²) in [5.74, 6) is 0.894. The molecule has 0 saturated heterocycles. The number of hydrogen-bond donors (Lipinski definition) is 2. The van der Waals surface area contributed by atoms with Crippen molar-refractivity contribution in [2.24, 2.45) is 4.99 Å². The summed E-state index contributed by atoms with van der Waals surface area (Å²) in [7, 11) is 1.83. The molecule has 0 radical (unpaired) electrons. The summed E-state index contributed by atoms with van der Waals surface area (Å²) in [6, 6.07) is 1.19. The quantitative estimate of drug-likeness (QED) is 0.386. The molecule has 2 N–H and O–H groups in total. The fourth-order valence-electron chi connectivity index (χ4n) is 2.77. The Morgan fingerprint density at radius 3 is 2.29 bits per heavy atom. The fraction of sp³-hybridized carbons (Fsp3) is 0.778. The molecule has 0 saturated carbocycles. The molecule has 0 fully saturated rings. The second-order valence-corrected chi connectivity index (χ2v) is 7.63. The van der Waals surface area contributed by atoms with E-state index in [9.17, 15) is 0 Å². The highest BCUT2D eigenvalue weighted by Crippen LogP contribution is 2.10. The van der Waals surface area contributed by atoms with Crippen LogP contribution in [0.4, 0.5) is 0 Å². The Morgan fingerprint density at radius 1 is 1.17 bits per heavy atom. The van der Waals surface area contributed by atoms with Crippen molar-refractivity contribution in [3.63, 3.8) is 0 Å². The maximum Gasteiger partial charge on any atom is 0.190 e.